The van der Waals surface area contributed by atoms with Gasteiger partial charge in [0.25, 0.3) is 6.43 Å². The van der Waals surface area contributed by atoms with Gasteiger partial charge in [0.15, 0.2) is 0 Å². The third-order valence-corrected chi connectivity index (χ3v) is 3.32. The van der Waals surface area contributed by atoms with Crippen molar-refractivity contribution in [3.05, 3.63) is 23.8 Å². The molecule has 1 saturated heterocycles. The van der Waals surface area contributed by atoms with Crippen LogP contribution in [-0.2, 0) is 0 Å². The van der Waals surface area contributed by atoms with Crippen LogP contribution in [0.25, 0.3) is 0 Å². The maximum atomic E-state index is 12.2. The fraction of sp³-hybridized carbons (Fsp3) is 0.571. The summed E-state index contributed by atoms with van der Waals surface area (Å²) in [5.74, 6) is 1.54. The van der Waals surface area contributed by atoms with Gasteiger partial charge in [-0.15, -0.1) is 0 Å². The normalized spacial score (nSPS) is 16.6. The molecule has 19 heavy (non-hydrogen) atoms. The molecule has 2 rings (SSSR count). The van der Waals surface area contributed by atoms with E-state index < -0.39 is 13.0 Å². The van der Waals surface area contributed by atoms with Gasteiger partial charge in [0.1, 0.15) is 18.1 Å². The quantitative estimate of drug-likeness (QED) is 0.893. The molecule has 1 aliphatic heterocycles. The highest BCUT2D eigenvalue weighted by molar-refractivity contribution is 5.40. The zero-order valence-electron chi connectivity index (χ0n) is 11.0. The van der Waals surface area contributed by atoms with Crippen LogP contribution in [0.3, 0.4) is 0 Å². The Morgan fingerprint density at radius 2 is 1.89 bits per heavy atom. The number of alkyl halides is 2. The van der Waals surface area contributed by atoms with E-state index in [0.29, 0.717) is 17.4 Å². The summed E-state index contributed by atoms with van der Waals surface area (Å²) < 4.78 is 34.7. The lowest BCUT2D eigenvalue weighted by molar-refractivity contribution is 0.0817. The summed E-state index contributed by atoms with van der Waals surface area (Å²) in [7, 11) is 1.57. The second-order valence-electron chi connectivity index (χ2n) is 4.67. The van der Waals surface area contributed by atoms with Crippen LogP contribution >= 0.6 is 0 Å². The van der Waals surface area contributed by atoms with E-state index in [1.54, 1.807) is 13.2 Å². The molecule has 5 heteroatoms. The van der Waals surface area contributed by atoms with Crippen molar-refractivity contribution < 1.29 is 18.3 Å². The molecule has 1 aliphatic rings. The number of methoxy groups -OCH3 is 1. The van der Waals surface area contributed by atoms with Crippen molar-refractivity contribution in [2.24, 2.45) is 0 Å². The topological polar surface area (TPSA) is 30.5 Å². The second kappa shape index (κ2) is 6.70. The van der Waals surface area contributed by atoms with E-state index in [1.807, 2.05) is 12.1 Å². The lowest BCUT2D eigenvalue weighted by atomic mass is 9.90. The monoisotopic (exact) mass is 271 g/mol. The van der Waals surface area contributed by atoms with Crippen LogP contribution in [0.2, 0.25) is 0 Å². The third kappa shape index (κ3) is 4.06. The number of benzene rings is 1. The number of piperidine rings is 1. The first-order chi connectivity index (χ1) is 9.19. The van der Waals surface area contributed by atoms with E-state index in [4.69, 9.17) is 9.47 Å². The number of hydrogen-bond donors (Lipinski definition) is 1. The zero-order valence-corrected chi connectivity index (χ0v) is 11.0. The van der Waals surface area contributed by atoms with Gasteiger partial charge in [-0.2, -0.15) is 0 Å². The molecule has 3 nitrogen and oxygen atoms in total. The molecule has 1 heterocycles. The van der Waals surface area contributed by atoms with Gasteiger partial charge in [-0.25, -0.2) is 8.78 Å². The minimum absolute atomic E-state index is 0.435. The molecule has 1 N–H and O–H groups in total. The minimum atomic E-state index is -2.46. The standard InChI is InChI=1S/C14H19F2NO2/c1-18-12-6-11(10-2-4-17-5-3-10)7-13(8-12)19-9-14(15)16/h6-8,10,14,17H,2-5,9H2,1H3. The van der Waals surface area contributed by atoms with Crippen LogP contribution in [-0.4, -0.2) is 33.2 Å². The maximum Gasteiger partial charge on any atom is 0.272 e. The Hall–Kier alpha value is -1.36. The molecule has 1 fully saturated rings. The van der Waals surface area contributed by atoms with E-state index in [9.17, 15) is 8.78 Å². The predicted octanol–water partition coefficient (Wildman–Crippen LogP) is 2.81. The van der Waals surface area contributed by atoms with Crippen LogP contribution in [0.15, 0.2) is 18.2 Å². The van der Waals surface area contributed by atoms with Gasteiger partial charge < -0.3 is 14.8 Å². The molecular formula is C14H19F2NO2. The Balaban J connectivity index is 2.14. The van der Waals surface area contributed by atoms with Gasteiger partial charge in [-0.05, 0) is 49.5 Å². The van der Waals surface area contributed by atoms with E-state index in [-0.39, 0.29) is 0 Å². The van der Waals surface area contributed by atoms with E-state index >= 15 is 0 Å². The van der Waals surface area contributed by atoms with Gasteiger partial charge >= 0.3 is 0 Å². The van der Waals surface area contributed by atoms with Gasteiger partial charge in [0, 0.05) is 6.07 Å². The van der Waals surface area contributed by atoms with Gasteiger partial charge in [-0.3, -0.25) is 0 Å². The molecule has 0 bridgehead atoms. The Labute approximate surface area is 111 Å². The molecule has 0 unspecified atom stereocenters. The largest absolute Gasteiger partial charge is 0.497 e. The number of hydrogen-bond acceptors (Lipinski definition) is 3. The van der Waals surface area contributed by atoms with E-state index in [0.717, 1.165) is 31.5 Å². The minimum Gasteiger partial charge on any atom is -0.497 e. The second-order valence-corrected chi connectivity index (χ2v) is 4.67. The summed E-state index contributed by atoms with van der Waals surface area (Å²) in [5.41, 5.74) is 1.10. The van der Waals surface area contributed by atoms with Crippen molar-refractivity contribution in [2.45, 2.75) is 25.2 Å². The number of nitrogens with one attached hydrogen (secondary N) is 1. The molecule has 0 radical (unpaired) electrons. The average Bonchev–Trinajstić information content (AvgIpc) is 2.45. The molecule has 0 amide bonds. The van der Waals surface area contributed by atoms with Crippen molar-refractivity contribution >= 4 is 0 Å². The van der Waals surface area contributed by atoms with E-state index in [1.165, 1.54) is 0 Å². The van der Waals surface area contributed by atoms with Crippen LogP contribution in [0.5, 0.6) is 11.5 Å². The van der Waals surface area contributed by atoms with Crippen molar-refractivity contribution in [1.29, 1.82) is 0 Å². The summed E-state index contributed by atoms with van der Waals surface area (Å²) in [6, 6.07) is 5.46. The van der Waals surface area contributed by atoms with Crippen LogP contribution in [0.1, 0.15) is 24.3 Å². The summed E-state index contributed by atoms with van der Waals surface area (Å²) >= 11 is 0. The molecule has 0 aliphatic carbocycles. The van der Waals surface area contributed by atoms with Crippen molar-refractivity contribution in [3.63, 3.8) is 0 Å². The SMILES string of the molecule is COc1cc(OCC(F)F)cc(C2CCNCC2)c1. The summed E-state index contributed by atoms with van der Waals surface area (Å²) in [4.78, 5) is 0. The Morgan fingerprint density at radius 1 is 1.21 bits per heavy atom. The Bertz CT molecular complexity index is 406. The zero-order chi connectivity index (χ0) is 13.7. The summed E-state index contributed by atoms with van der Waals surface area (Å²) in [6.45, 7) is 1.38. The average molecular weight is 271 g/mol. The first kappa shape index (κ1) is 14.1. The van der Waals surface area contributed by atoms with Gasteiger partial charge in [0.05, 0.1) is 7.11 Å². The molecule has 0 spiro atoms. The molecule has 0 aromatic heterocycles. The predicted molar refractivity (Wildman–Crippen MR) is 69.3 cm³/mol. The van der Waals surface area contributed by atoms with Gasteiger partial charge in [0.2, 0.25) is 0 Å². The molecule has 1 aromatic rings. The smallest absolute Gasteiger partial charge is 0.272 e. The highest BCUT2D eigenvalue weighted by Crippen LogP contribution is 2.32. The fourth-order valence-electron chi connectivity index (χ4n) is 2.35. The molecular weight excluding hydrogens is 252 g/mol. The molecule has 1 aromatic carbocycles. The highest BCUT2D eigenvalue weighted by atomic mass is 19.3. The Morgan fingerprint density at radius 3 is 2.53 bits per heavy atom. The molecule has 0 saturated carbocycles. The molecule has 0 atom stereocenters. The van der Waals surface area contributed by atoms with Crippen molar-refractivity contribution in [3.8, 4) is 11.5 Å². The van der Waals surface area contributed by atoms with Crippen LogP contribution in [0.4, 0.5) is 8.78 Å². The highest BCUT2D eigenvalue weighted by Gasteiger charge is 2.17. The van der Waals surface area contributed by atoms with Crippen LogP contribution in [0, 0.1) is 0 Å². The van der Waals surface area contributed by atoms with Crippen molar-refractivity contribution in [1.82, 2.24) is 5.32 Å². The van der Waals surface area contributed by atoms with Crippen LogP contribution < -0.4 is 14.8 Å². The first-order valence-corrected chi connectivity index (χ1v) is 6.49. The Kier molecular flexibility index (Phi) is 4.96. The lowest BCUT2D eigenvalue weighted by Gasteiger charge is -2.24. The van der Waals surface area contributed by atoms with Crippen molar-refractivity contribution in [2.75, 3.05) is 26.8 Å². The first-order valence-electron chi connectivity index (χ1n) is 6.49. The maximum absolute atomic E-state index is 12.2. The summed E-state index contributed by atoms with van der Waals surface area (Å²) in [5, 5.41) is 3.31. The summed E-state index contributed by atoms with van der Waals surface area (Å²) in [6.07, 6.45) is -0.378. The molecule has 106 valence electrons. The lowest BCUT2D eigenvalue weighted by Crippen LogP contribution is -2.26. The fourth-order valence-corrected chi connectivity index (χ4v) is 2.35. The third-order valence-electron chi connectivity index (χ3n) is 3.32. The number of halogens is 2. The number of ether oxygens (including phenoxy) is 2. The van der Waals surface area contributed by atoms with Gasteiger partial charge in [-0.1, -0.05) is 0 Å². The van der Waals surface area contributed by atoms with E-state index in [2.05, 4.69) is 5.32 Å². The number of rotatable bonds is 5.